The van der Waals surface area contributed by atoms with Gasteiger partial charge < -0.3 is 14.4 Å². The van der Waals surface area contributed by atoms with Crippen molar-refractivity contribution in [1.29, 1.82) is 5.26 Å². The molecule has 0 heterocycles. The Kier molecular flexibility index (Phi) is 6.13. The van der Waals surface area contributed by atoms with Gasteiger partial charge in [-0.15, -0.1) is 0 Å². The minimum atomic E-state index is -0.646. The van der Waals surface area contributed by atoms with Crippen LogP contribution in [0.4, 0.5) is 5.69 Å². The van der Waals surface area contributed by atoms with Gasteiger partial charge in [-0.25, -0.2) is 0 Å². The largest absolute Gasteiger partial charge is 0.493 e. The summed E-state index contributed by atoms with van der Waals surface area (Å²) in [6.45, 7) is 2.23. The SMILES string of the molecule is CCOc1cc([N+](=O)[O-])c(C(=O)N(C)CCC#N)cc1OC. The van der Waals surface area contributed by atoms with Gasteiger partial charge in [0.2, 0.25) is 0 Å². The summed E-state index contributed by atoms with van der Waals surface area (Å²) in [5.41, 5.74) is -0.469. The van der Waals surface area contributed by atoms with E-state index in [0.29, 0.717) is 6.61 Å². The number of carbonyl (C=O) groups is 1. The molecule has 0 N–H and O–H groups in total. The molecule has 0 aliphatic carbocycles. The highest BCUT2D eigenvalue weighted by molar-refractivity contribution is 5.99. The first-order chi connectivity index (χ1) is 10.5. The second-order valence-electron chi connectivity index (χ2n) is 4.35. The van der Waals surface area contributed by atoms with Crippen molar-refractivity contribution in [3.05, 3.63) is 27.8 Å². The predicted octanol–water partition coefficient (Wildman–Crippen LogP) is 1.99. The van der Waals surface area contributed by atoms with E-state index >= 15 is 0 Å². The Morgan fingerprint density at radius 3 is 2.64 bits per heavy atom. The molecule has 8 heteroatoms. The Bertz CT molecular complexity index is 609. The third kappa shape index (κ3) is 3.85. The molecule has 0 aliphatic heterocycles. The molecule has 0 saturated heterocycles. The van der Waals surface area contributed by atoms with Crippen LogP contribution in [-0.2, 0) is 0 Å². The molecule has 1 amide bonds. The van der Waals surface area contributed by atoms with E-state index < -0.39 is 10.8 Å². The molecule has 118 valence electrons. The number of methoxy groups -OCH3 is 1. The van der Waals surface area contributed by atoms with Crippen LogP contribution in [0, 0.1) is 21.4 Å². The summed E-state index contributed by atoms with van der Waals surface area (Å²) < 4.78 is 10.4. The normalized spacial score (nSPS) is 9.73. The van der Waals surface area contributed by atoms with Crippen LogP contribution in [0.5, 0.6) is 11.5 Å². The van der Waals surface area contributed by atoms with Crippen LogP contribution in [0.3, 0.4) is 0 Å². The quantitative estimate of drug-likeness (QED) is 0.563. The van der Waals surface area contributed by atoms with E-state index in [1.165, 1.54) is 31.2 Å². The Hall–Kier alpha value is -2.82. The van der Waals surface area contributed by atoms with E-state index in [1.807, 2.05) is 6.07 Å². The van der Waals surface area contributed by atoms with Crippen molar-refractivity contribution in [2.75, 3.05) is 27.3 Å². The second kappa shape index (κ2) is 7.83. The molecular formula is C14H17N3O5. The maximum absolute atomic E-state index is 12.3. The van der Waals surface area contributed by atoms with Crippen molar-refractivity contribution in [2.24, 2.45) is 0 Å². The Balaban J connectivity index is 3.30. The van der Waals surface area contributed by atoms with Crippen molar-refractivity contribution in [1.82, 2.24) is 4.90 Å². The number of nitro groups is 1. The second-order valence-corrected chi connectivity index (χ2v) is 4.35. The first-order valence-electron chi connectivity index (χ1n) is 6.57. The molecule has 1 aromatic carbocycles. The third-order valence-electron chi connectivity index (χ3n) is 2.91. The van der Waals surface area contributed by atoms with Gasteiger partial charge in [-0.2, -0.15) is 5.26 Å². The van der Waals surface area contributed by atoms with Crippen LogP contribution in [0.1, 0.15) is 23.7 Å². The summed E-state index contributed by atoms with van der Waals surface area (Å²) in [7, 11) is 2.86. The number of hydrogen-bond donors (Lipinski definition) is 0. The summed E-state index contributed by atoms with van der Waals surface area (Å²) in [4.78, 5) is 24.1. The molecule has 1 rings (SSSR count). The minimum Gasteiger partial charge on any atom is -0.493 e. The molecule has 0 aromatic heterocycles. The molecule has 0 saturated carbocycles. The number of rotatable bonds is 7. The lowest BCUT2D eigenvalue weighted by Crippen LogP contribution is -2.28. The summed E-state index contributed by atoms with van der Waals surface area (Å²) in [5.74, 6) is -0.110. The molecule has 0 fully saturated rings. The van der Waals surface area contributed by atoms with E-state index in [2.05, 4.69) is 0 Å². The van der Waals surface area contributed by atoms with E-state index in [-0.39, 0.29) is 35.7 Å². The number of carbonyl (C=O) groups excluding carboxylic acids is 1. The van der Waals surface area contributed by atoms with Crippen LogP contribution in [0.25, 0.3) is 0 Å². The highest BCUT2D eigenvalue weighted by Gasteiger charge is 2.26. The van der Waals surface area contributed by atoms with Gasteiger partial charge in [-0.05, 0) is 6.92 Å². The van der Waals surface area contributed by atoms with Crippen LogP contribution in [-0.4, -0.2) is 43.0 Å². The fraction of sp³-hybridized carbons (Fsp3) is 0.429. The Morgan fingerprint density at radius 2 is 2.14 bits per heavy atom. The predicted molar refractivity (Wildman–Crippen MR) is 78.0 cm³/mol. The highest BCUT2D eigenvalue weighted by Crippen LogP contribution is 2.35. The van der Waals surface area contributed by atoms with Crippen molar-refractivity contribution >= 4 is 11.6 Å². The van der Waals surface area contributed by atoms with Gasteiger partial charge in [-0.3, -0.25) is 14.9 Å². The van der Waals surface area contributed by atoms with Crippen LogP contribution in [0.15, 0.2) is 12.1 Å². The van der Waals surface area contributed by atoms with Crippen LogP contribution >= 0.6 is 0 Å². The number of benzene rings is 1. The number of hydrogen-bond acceptors (Lipinski definition) is 6. The maximum Gasteiger partial charge on any atom is 0.286 e. The Morgan fingerprint density at radius 1 is 1.45 bits per heavy atom. The molecular weight excluding hydrogens is 290 g/mol. The van der Waals surface area contributed by atoms with Crippen LogP contribution < -0.4 is 9.47 Å². The summed E-state index contributed by atoms with van der Waals surface area (Å²) in [5, 5.41) is 19.8. The molecule has 0 spiro atoms. The first-order valence-corrected chi connectivity index (χ1v) is 6.57. The molecule has 0 radical (unpaired) electrons. The van der Waals surface area contributed by atoms with Gasteiger partial charge >= 0.3 is 0 Å². The van der Waals surface area contributed by atoms with Gasteiger partial charge in [0, 0.05) is 19.7 Å². The van der Waals surface area contributed by atoms with E-state index in [9.17, 15) is 14.9 Å². The number of nitro benzene ring substituents is 1. The lowest BCUT2D eigenvalue weighted by atomic mass is 10.1. The molecule has 22 heavy (non-hydrogen) atoms. The summed E-state index contributed by atoms with van der Waals surface area (Å²) in [6.07, 6.45) is 0.143. The highest BCUT2D eigenvalue weighted by atomic mass is 16.6. The number of amides is 1. The zero-order chi connectivity index (χ0) is 16.7. The van der Waals surface area contributed by atoms with Crippen LogP contribution in [0.2, 0.25) is 0 Å². The molecule has 0 unspecified atom stereocenters. The van der Waals surface area contributed by atoms with Crippen molar-refractivity contribution in [2.45, 2.75) is 13.3 Å². The zero-order valence-electron chi connectivity index (χ0n) is 12.7. The van der Waals surface area contributed by atoms with E-state index in [1.54, 1.807) is 6.92 Å². The molecule has 0 aliphatic rings. The van der Waals surface area contributed by atoms with Gasteiger partial charge in [0.05, 0.1) is 37.2 Å². The minimum absolute atomic E-state index is 0.106. The lowest BCUT2D eigenvalue weighted by Gasteiger charge is -2.17. The standard InChI is InChI=1S/C14H17N3O5/c1-4-22-13-9-11(17(19)20)10(8-12(13)21-3)14(18)16(2)7-5-6-15/h8-9H,4-5,7H2,1-3H3. The van der Waals surface area contributed by atoms with Crippen molar-refractivity contribution < 1.29 is 19.2 Å². The summed E-state index contributed by atoms with van der Waals surface area (Å²) >= 11 is 0. The third-order valence-corrected chi connectivity index (χ3v) is 2.91. The molecule has 1 aromatic rings. The number of nitrogens with zero attached hydrogens (tertiary/aromatic N) is 3. The average Bonchev–Trinajstić information content (AvgIpc) is 2.51. The van der Waals surface area contributed by atoms with Gasteiger partial charge in [0.1, 0.15) is 5.56 Å². The maximum atomic E-state index is 12.3. The monoisotopic (exact) mass is 307 g/mol. The van der Waals surface area contributed by atoms with Crippen molar-refractivity contribution in [3.8, 4) is 17.6 Å². The number of ether oxygens (including phenoxy) is 2. The topological polar surface area (TPSA) is 106 Å². The zero-order valence-corrected chi connectivity index (χ0v) is 12.7. The van der Waals surface area contributed by atoms with Crippen molar-refractivity contribution in [3.63, 3.8) is 0 Å². The average molecular weight is 307 g/mol. The number of nitriles is 1. The van der Waals surface area contributed by atoms with Gasteiger partial charge in [-0.1, -0.05) is 0 Å². The fourth-order valence-electron chi connectivity index (χ4n) is 1.82. The van der Waals surface area contributed by atoms with E-state index in [0.717, 1.165) is 0 Å². The first kappa shape index (κ1) is 17.2. The lowest BCUT2D eigenvalue weighted by molar-refractivity contribution is -0.385. The van der Waals surface area contributed by atoms with Gasteiger partial charge in [0.25, 0.3) is 11.6 Å². The molecule has 0 atom stereocenters. The van der Waals surface area contributed by atoms with Gasteiger partial charge in [0.15, 0.2) is 11.5 Å². The fourth-order valence-corrected chi connectivity index (χ4v) is 1.82. The Labute approximate surface area is 128 Å². The summed E-state index contributed by atoms with van der Waals surface area (Å²) in [6, 6.07) is 4.38. The van der Waals surface area contributed by atoms with E-state index in [4.69, 9.17) is 14.7 Å². The molecule has 8 nitrogen and oxygen atoms in total. The molecule has 0 bridgehead atoms. The smallest absolute Gasteiger partial charge is 0.286 e.